The summed E-state index contributed by atoms with van der Waals surface area (Å²) in [5.74, 6) is -0.701. The van der Waals surface area contributed by atoms with E-state index in [4.69, 9.17) is 10.5 Å². The molecule has 0 radical (unpaired) electrons. The molecule has 2 heterocycles. The van der Waals surface area contributed by atoms with Crippen molar-refractivity contribution in [3.63, 3.8) is 0 Å². The molecule has 6 heteroatoms. The number of primary amides is 1. The number of carbonyl (C=O) groups excluding carboxylic acids is 2. The van der Waals surface area contributed by atoms with Gasteiger partial charge in [-0.1, -0.05) is 12.1 Å². The van der Waals surface area contributed by atoms with Crippen molar-refractivity contribution in [3.8, 4) is 0 Å². The van der Waals surface area contributed by atoms with Crippen LogP contribution in [-0.2, 0) is 9.53 Å². The van der Waals surface area contributed by atoms with Gasteiger partial charge in [-0.2, -0.15) is 0 Å². The third-order valence-corrected chi connectivity index (χ3v) is 4.00. The first-order chi connectivity index (χ1) is 10.1. The molecular weight excluding hydrogens is 270 g/mol. The Labute approximate surface area is 121 Å². The SMILES string of the molecule is CO[C@H]1C[C@@H](C(N)=O)N(C(=O)c2cccc3cc[nH]c23)C1. The number of methoxy groups -OCH3 is 1. The number of amides is 2. The van der Waals surface area contributed by atoms with E-state index in [0.29, 0.717) is 18.5 Å². The van der Waals surface area contributed by atoms with Gasteiger partial charge in [0, 0.05) is 31.7 Å². The quantitative estimate of drug-likeness (QED) is 0.878. The Balaban J connectivity index is 1.97. The predicted molar refractivity (Wildman–Crippen MR) is 77.7 cm³/mol. The molecule has 3 rings (SSSR count). The Morgan fingerprint density at radius 2 is 2.19 bits per heavy atom. The van der Waals surface area contributed by atoms with Crippen molar-refractivity contribution in [2.24, 2.45) is 5.73 Å². The zero-order valence-corrected chi connectivity index (χ0v) is 11.7. The van der Waals surface area contributed by atoms with Gasteiger partial charge in [-0.05, 0) is 12.1 Å². The van der Waals surface area contributed by atoms with Crippen molar-refractivity contribution in [1.29, 1.82) is 0 Å². The summed E-state index contributed by atoms with van der Waals surface area (Å²) in [4.78, 5) is 28.9. The molecule has 0 unspecified atom stereocenters. The van der Waals surface area contributed by atoms with E-state index in [2.05, 4.69) is 4.98 Å². The summed E-state index contributed by atoms with van der Waals surface area (Å²) in [6, 6.07) is 6.79. The average Bonchev–Trinajstić information content (AvgIpc) is 3.12. The Hall–Kier alpha value is -2.34. The van der Waals surface area contributed by atoms with Crippen LogP contribution in [0.15, 0.2) is 30.5 Å². The molecule has 0 aliphatic carbocycles. The Morgan fingerprint density at radius 3 is 2.90 bits per heavy atom. The second-order valence-electron chi connectivity index (χ2n) is 5.22. The topological polar surface area (TPSA) is 88.4 Å². The molecule has 6 nitrogen and oxygen atoms in total. The number of H-pyrrole nitrogens is 1. The highest BCUT2D eigenvalue weighted by Crippen LogP contribution is 2.25. The summed E-state index contributed by atoms with van der Waals surface area (Å²) >= 11 is 0. The minimum atomic E-state index is -0.618. The maximum atomic E-state index is 12.8. The summed E-state index contributed by atoms with van der Waals surface area (Å²) in [6.07, 6.45) is 2.07. The van der Waals surface area contributed by atoms with Crippen LogP contribution in [0, 0.1) is 0 Å². The Bertz CT molecular complexity index is 694. The number of hydrogen-bond acceptors (Lipinski definition) is 3. The van der Waals surface area contributed by atoms with Gasteiger partial charge in [0.2, 0.25) is 5.91 Å². The summed E-state index contributed by atoms with van der Waals surface area (Å²) in [6.45, 7) is 0.375. The fourth-order valence-electron chi connectivity index (χ4n) is 2.88. The van der Waals surface area contributed by atoms with E-state index < -0.39 is 11.9 Å². The number of ether oxygens (including phenoxy) is 1. The van der Waals surface area contributed by atoms with Gasteiger partial charge < -0.3 is 20.4 Å². The van der Waals surface area contributed by atoms with Crippen LogP contribution >= 0.6 is 0 Å². The molecule has 3 N–H and O–H groups in total. The zero-order chi connectivity index (χ0) is 15.0. The molecule has 2 atom stereocenters. The van der Waals surface area contributed by atoms with Gasteiger partial charge in [0.05, 0.1) is 17.2 Å². The fourth-order valence-corrected chi connectivity index (χ4v) is 2.88. The molecule has 0 saturated carbocycles. The first-order valence-corrected chi connectivity index (χ1v) is 6.81. The largest absolute Gasteiger partial charge is 0.380 e. The molecular formula is C15H17N3O3. The van der Waals surface area contributed by atoms with E-state index in [1.165, 1.54) is 4.90 Å². The molecule has 1 aromatic heterocycles. The molecule has 1 aromatic carbocycles. The van der Waals surface area contributed by atoms with E-state index in [1.54, 1.807) is 19.4 Å². The van der Waals surface area contributed by atoms with E-state index in [1.807, 2.05) is 18.2 Å². The normalized spacial score (nSPS) is 21.9. The number of rotatable bonds is 3. The summed E-state index contributed by atoms with van der Waals surface area (Å²) in [5.41, 5.74) is 6.73. The van der Waals surface area contributed by atoms with Crippen LogP contribution in [0.1, 0.15) is 16.8 Å². The van der Waals surface area contributed by atoms with Crippen LogP contribution in [0.25, 0.3) is 10.9 Å². The average molecular weight is 287 g/mol. The number of nitrogens with one attached hydrogen (secondary N) is 1. The lowest BCUT2D eigenvalue weighted by Gasteiger charge is -2.22. The van der Waals surface area contributed by atoms with Crippen LogP contribution in [0.3, 0.4) is 0 Å². The number of carbonyl (C=O) groups is 2. The standard InChI is InChI=1S/C15H17N3O3/c1-21-10-7-12(14(16)19)18(8-10)15(20)11-4-2-3-9-5-6-17-13(9)11/h2-6,10,12,17H,7-8H2,1H3,(H2,16,19)/t10-,12-/m0/s1. The van der Waals surface area contributed by atoms with Gasteiger partial charge in [-0.15, -0.1) is 0 Å². The van der Waals surface area contributed by atoms with E-state index in [9.17, 15) is 9.59 Å². The first-order valence-electron chi connectivity index (χ1n) is 6.81. The highest BCUT2D eigenvalue weighted by molar-refractivity contribution is 6.07. The van der Waals surface area contributed by atoms with Crippen LogP contribution in [-0.4, -0.2) is 47.5 Å². The first kappa shape index (κ1) is 13.6. The lowest BCUT2D eigenvalue weighted by atomic mass is 10.1. The molecule has 0 spiro atoms. The number of hydrogen-bond donors (Lipinski definition) is 2. The highest BCUT2D eigenvalue weighted by atomic mass is 16.5. The molecule has 0 bridgehead atoms. The smallest absolute Gasteiger partial charge is 0.256 e. The number of likely N-dealkylation sites (tertiary alicyclic amines) is 1. The van der Waals surface area contributed by atoms with Crippen molar-refractivity contribution >= 4 is 22.7 Å². The third-order valence-electron chi connectivity index (χ3n) is 4.00. The second-order valence-corrected chi connectivity index (χ2v) is 5.22. The molecule has 2 amide bonds. The van der Waals surface area contributed by atoms with Gasteiger partial charge in [0.25, 0.3) is 5.91 Å². The van der Waals surface area contributed by atoms with Crippen molar-refractivity contribution in [3.05, 3.63) is 36.0 Å². The summed E-state index contributed by atoms with van der Waals surface area (Å²) in [7, 11) is 1.57. The Morgan fingerprint density at radius 1 is 1.38 bits per heavy atom. The molecule has 1 saturated heterocycles. The van der Waals surface area contributed by atoms with Crippen LogP contribution < -0.4 is 5.73 Å². The number of aromatic nitrogens is 1. The summed E-state index contributed by atoms with van der Waals surface area (Å²) in [5, 5.41) is 0.957. The lowest BCUT2D eigenvalue weighted by Crippen LogP contribution is -2.43. The van der Waals surface area contributed by atoms with Gasteiger partial charge >= 0.3 is 0 Å². The molecule has 21 heavy (non-hydrogen) atoms. The predicted octanol–water partition coefficient (Wildman–Crippen LogP) is 0.883. The molecule has 1 aliphatic rings. The van der Waals surface area contributed by atoms with Gasteiger partial charge in [0.1, 0.15) is 6.04 Å². The zero-order valence-electron chi connectivity index (χ0n) is 11.7. The number of nitrogens with zero attached hydrogens (tertiary/aromatic N) is 1. The van der Waals surface area contributed by atoms with E-state index in [0.717, 1.165) is 10.9 Å². The van der Waals surface area contributed by atoms with E-state index in [-0.39, 0.29) is 12.0 Å². The van der Waals surface area contributed by atoms with Crippen LogP contribution in [0.2, 0.25) is 0 Å². The molecule has 2 aromatic rings. The minimum Gasteiger partial charge on any atom is -0.380 e. The molecule has 110 valence electrons. The van der Waals surface area contributed by atoms with Crippen molar-refractivity contribution in [2.45, 2.75) is 18.6 Å². The maximum absolute atomic E-state index is 12.8. The van der Waals surface area contributed by atoms with E-state index >= 15 is 0 Å². The van der Waals surface area contributed by atoms with Crippen molar-refractivity contribution < 1.29 is 14.3 Å². The highest BCUT2D eigenvalue weighted by Gasteiger charge is 2.39. The monoisotopic (exact) mass is 287 g/mol. The number of fused-ring (bicyclic) bond motifs is 1. The molecule has 1 aliphatic heterocycles. The number of para-hydroxylation sites is 1. The fraction of sp³-hybridized carbons (Fsp3) is 0.333. The number of benzene rings is 1. The lowest BCUT2D eigenvalue weighted by molar-refractivity contribution is -0.121. The van der Waals surface area contributed by atoms with Crippen LogP contribution in [0.4, 0.5) is 0 Å². The Kier molecular flexibility index (Phi) is 3.39. The van der Waals surface area contributed by atoms with Gasteiger partial charge in [-0.3, -0.25) is 9.59 Å². The van der Waals surface area contributed by atoms with Gasteiger partial charge in [-0.25, -0.2) is 0 Å². The second kappa shape index (κ2) is 5.21. The number of nitrogens with two attached hydrogens (primary N) is 1. The number of aromatic amines is 1. The molecule has 1 fully saturated rings. The van der Waals surface area contributed by atoms with Crippen molar-refractivity contribution in [2.75, 3.05) is 13.7 Å². The van der Waals surface area contributed by atoms with Crippen molar-refractivity contribution in [1.82, 2.24) is 9.88 Å². The van der Waals surface area contributed by atoms with Gasteiger partial charge in [0.15, 0.2) is 0 Å². The maximum Gasteiger partial charge on any atom is 0.256 e. The third kappa shape index (κ3) is 2.27. The summed E-state index contributed by atoms with van der Waals surface area (Å²) < 4.78 is 5.27. The van der Waals surface area contributed by atoms with Crippen LogP contribution in [0.5, 0.6) is 0 Å². The minimum absolute atomic E-state index is 0.158.